The lowest BCUT2D eigenvalue weighted by atomic mass is 9.81. The summed E-state index contributed by atoms with van der Waals surface area (Å²) in [6.45, 7) is 7.24. The third kappa shape index (κ3) is 2.99. The van der Waals surface area contributed by atoms with Gasteiger partial charge in [-0.25, -0.2) is 0 Å². The zero-order valence-corrected chi connectivity index (χ0v) is 10.8. The number of hydrogen-bond donors (Lipinski definition) is 1. The van der Waals surface area contributed by atoms with E-state index in [0.717, 1.165) is 18.6 Å². The van der Waals surface area contributed by atoms with Gasteiger partial charge in [-0.3, -0.25) is 0 Å². The number of benzene rings is 1. The Morgan fingerprint density at radius 1 is 1.38 bits per heavy atom. The first-order valence-corrected chi connectivity index (χ1v) is 5.88. The average molecular weight is 221 g/mol. The van der Waals surface area contributed by atoms with Gasteiger partial charge in [-0.1, -0.05) is 31.5 Å². The summed E-state index contributed by atoms with van der Waals surface area (Å²) in [6, 6.07) is 6.31. The molecule has 1 aromatic rings. The molecular weight excluding hydrogens is 198 g/mol. The molecule has 0 amide bonds. The molecule has 0 saturated carbocycles. The van der Waals surface area contributed by atoms with E-state index in [1.165, 1.54) is 11.1 Å². The summed E-state index contributed by atoms with van der Waals surface area (Å²) in [5.41, 5.74) is 8.55. The van der Waals surface area contributed by atoms with Gasteiger partial charge in [-0.05, 0) is 43.4 Å². The number of ether oxygens (including phenoxy) is 1. The van der Waals surface area contributed by atoms with Crippen molar-refractivity contribution in [2.24, 2.45) is 11.1 Å². The van der Waals surface area contributed by atoms with E-state index >= 15 is 0 Å². The van der Waals surface area contributed by atoms with Crippen LogP contribution in [0.5, 0.6) is 5.75 Å². The minimum atomic E-state index is 0.168. The molecule has 0 radical (unpaired) electrons. The number of methoxy groups -OCH3 is 1. The zero-order chi connectivity index (χ0) is 12.2. The highest BCUT2D eigenvalue weighted by Crippen LogP contribution is 2.30. The molecule has 0 saturated heterocycles. The third-order valence-corrected chi connectivity index (χ3v) is 3.40. The van der Waals surface area contributed by atoms with Crippen molar-refractivity contribution < 1.29 is 4.74 Å². The molecule has 0 aliphatic carbocycles. The average Bonchev–Trinajstić information content (AvgIpc) is 2.29. The lowest BCUT2D eigenvalue weighted by molar-refractivity contribution is 0.313. The molecule has 0 aliphatic rings. The van der Waals surface area contributed by atoms with Crippen molar-refractivity contribution in [3.05, 3.63) is 29.3 Å². The standard InChI is InChI=1S/C14H23NO/c1-5-14(3,10-15)9-12-8-11(2)6-7-13(12)16-4/h6-8H,5,9-10,15H2,1-4H3. The van der Waals surface area contributed by atoms with Crippen molar-refractivity contribution in [1.82, 2.24) is 0 Å². The molecule has 1 aromatic carbocycles. The Balaban J connectivity index is 2.98. The van der Waals surface area contributed by atoms with E-state index in [0.29, 0.717) is 6.54 Å². The Kier molecular flexibility index (Phi) is 4.36. The van der Waals surface area contributed by atoms with E-state index in [-0.39, 0.29) is 5.41 Å². The van der Waals surface area contributed by atoms with Crippen LogP contribution in [0.2, 0.25) is 0 Å². The fraction of sp³-hybridized carbons (Fsp3) is 0.571. The molecule has 0 fully saturated rings. The monoisotopic (exact) mass is 221 g/mol. The van der Waals surface area contributed by atoms with E-state index in [4.69, 9.17) is 10.5 Å². The smallest absolute Gasteiger partial charge is 0.122 e. The number of rotatable bonds is 5. The molecule has 0 spiro atoms. The van der Waals surface area contributed by atoms with Gasteiger partial charge in [0.05, 0.1) is 7.11 Å². The van der Waals surface area contributed by atoms with E-state index in [1.54, 1.807) is 7.11 Å². The van der Waals surface area contributed by atoms with Crippen LogP contribution in [0.25, 0.3) is 0 Å². The minimum Gasteiger partial charge on any atom is -0.496 e. The van der Waals surface area contributed by atoms with Crippen molar-refractivity contribution in [3.8, 4) is 5.75 Å². The van der Waals surface area contributed by atoms with Crippen LogP contribution in [0.15, 0.2) is 18.2 Å². The van der Waals surface area contributed by atoms with Gasteiger partial charge < -0.3 is 10.5 Å². The molecule has 1 rings (SSSR count). The molecule has 1 unspecified atom stereocenters. The molecule has 2 nitrogen and oxygen atoms in total. The second kappa shape index (κ2) is 5.35. The Bertz CT molecular complexity index is 343. The van der Waals surface area contributed by atoms with E-state index < -0.39 is 0 Å². The first-order chi connectivity index (χ1) is 7.54. The maximum Gasteiger partial charge on any atom is 0.122 e. The zero-order valence-electron chi connectivity index (χ0n) is 10.8. The van der Waals surface area contributed by atoms with Crippen LogP contribution >= 0.6 is 0 Å². The summed E-state index contributed by atoms with van der Waals surface area (Å²) in [4.78, 5) is 0. The normalized spacial score (nSPS) is 14.6. The Morgan fingerprint density at radius 2 is 2.06 bits per heavy atom. The largest absolute Gasteiger partial charge is 0.496 e. The Morgan fingerprint density at radius 3 is 2.56 bits per heavy atom. The van der Waals surface area contributed by atoms with Crippen LogP contribution in [-0.4, -0.2) is 13.7 Å². The highest BCUT2D eigenvalue weighted by molar-refractivity contribution is 5.37. The predicted octanol–water partition coefficient (Wildman–Crippen LogP) is 2.92. The summed E-state index contributed by atoms with van der Waals surface area (Å²) in [5, 5.41) is 0. The van der Waals surface area contributed by atoms with Crippen molar-refractivity contribution in [1.29, 1.82) is 0 Å². The lowest BCUT2D eigenvalue weighted by Gasteiger charge is -2.27. The quantitative estimate of drug-likeness (QED) is 0.829. The summed E-state index contributed by atoms with van der Waals surface area (Å²) in [7, 11) is 1.72. The van der Waals surface area contributed by atoms with Crippen molar-refractivity contribution in [3.63, 3.8) is 0 Å². The summed E-state index contributed by atoms with van der Waals surface area (Å²) >= 11 is 0. The molecule has 2 heteroatoms. The summed E-state index contributed by atoms with van der Waals surface area (Å²) < 4.78 is 5.39. The topological polar surface area (TPSA) is 35.2 Å². The fourth-order valence-corrected chi connectivity index (χ4v) is 1.85. The van der Waals surface area contributed by atoms with Gasteiger partial charge in [0, 0.05) is 0 Å². The summed E-state index contributed by atoms with van der Waals surface area (Å²) in [5.74, 6) is 0.971. The van der Waals surface area contributed by atoms with Gasteiger partial charge in [-0.15, -0.1) is 0 Å². The maximum atomic E-state index is 5.85. The van der Waals surface area contributed by atoms with Gasteiger partial charge in [0.25, 0.3) is 0 Å². The van der Waals surface area contributed by atoms with Gasteiger partial charge in [0.2, 0.25) is 0 Å². The molecule has 0 aromatic heterocycles. The lowest BCUT2D eigenvalue weighted by Crippen LogP contribution is -2.29. The van der Waals surface area contributed by atoms with Crippen molar-refractivity contribution in [2.45, 2.75) is 33.6 Å². The second-order valence-electron chi connectivity index (χ2n) is 4.86. The second-order valence-corrected chi connectivity index (χ2v) is 4.86. The first-order valence-electron chi connectivity index (χ1n) is 5.88. The SMILES string of the molecule is CCC(C)(CN)Cc1cc(C)ccc1OC. The molecule has 0 bridgehead atoms. The van der Waals surface area contributed by atoms with Crippen molar-refractivity contribution >= 4 is 0 Å². The van der Waals surface area contributed by atoms with Gasteiger partial charge in [0.15, 0.2) is 0 Å². The van der Waals surface area contributed by atoms with Gasteiger partial charge in [0.1, 0.15) is 5.75 Å². The third-order valence-electron chi connectivity index (χ3n) is 3.40. The van der Waals surface area contributed by atoms with Gasteiger partial charge in [-0.2, -0.15) is 0 Å². The van der Waals surface area contributed by atoms with Crippen LogP contribution in [0.4, 0.5) is 0 Å². The summed E-state index contributed by atoms with van der Waals surface area (Å²) in [6.07, 6.45) is 2.06. The Labute approximate surface area is 98.8 Å². The van der Waals surface area contributed by atoms with E-state index in [1.807, 2.05) is 6.07 Å². The molecule has 1 atom stereocenters. The highest BCUT2D eigenvalue weighted by atomic mass is 16.5. The fourth-order valence-electron chi connectivity index (χ4n) is 1.85. The van der Waals surface area contributed by atoms with Crippen LogP contribution in [0.1, 0.15) is 31.4 Å². The Hall–Kier alpha value is -1.02. The molecule has 90 valence electrons. The molecule has 0 heterocycles. The molecule has 2 N–H and O–H groups in total. The van der Waals surface area contributed by atoms with Crippen molar-refractivity contribution in [2.75, 3.05) is 13.7 Å². The van der Waals surface area contributed by atoms with Crippen LogP contribution in [0, 0.1) is 12.3 Å². The molecule has 16 heavy (non-hydrogen) atoms. The van der Waals surface area contributed by atoms with Gasteiger partial charge >= 0.3 is 0 Å². The molecular formula is C14H23NO. The number of aryl methyl sites for hydroxylation is 1. The maximum absolute atomic E-state index is 5.85. The van der Waals surface area contributed by atoms with Crippen LogP contribution < -0.4 is 10.5 Å². The molecule has 0 aliphatic heterocycles. The minimum absolute atomic E-state index is 0.168. The van der Waals surface area contributed by atoms with E-state index in [2.05, 4.69) is 32.9 Å². The highest BCUT2D eigenvalue weighted by Gasteiger charge is 2.22. The van der Waals surface area contributed by atoms with E-state index in [9.17, 15) is 0 Å². The first kappa shape index (κ1) is 13.0. The number of nitrogens with two attached hydrogens (primary N) is 1. The number of hydrogen-bond acceptors (Lipinski definition) is 2. The van der Waals surface area contributed by atoms with Crippen LogP contribution in [0.3, 0.4) is 0 Å². The predicted molar refractivity (Wildman–Crippen MR) is 68.9 cm³/mol. The van der Waals surface area contributed by atoms with Crippen LogP contribution in [-0.2, 0) is 6.42 Å².